The van der Waals surface area contributed by atoms with Crippen molar-refractivity contribution >= 4 is 23.5 Å². The predicted octanol–water partition coefficient (Wildman–Crippen LogP) is 4.52. The first kappa shape index (κ1) is 17.0. The second kappa shape index (κ2) is 6.78. The fourth-order valence-corrected chi connectivity index (χ4v) is 1.91. The Bertz CT molecular complexity index is 733. The van der Waals surface area contributed by atoms with Gasteiger partial charge in [-0.1, -0.05) is 11.6 Å². The van der Waals surface area contributed by atoms with E-state index in [2.05, 4.69) is 10.5 Å². The molecule has 2 aromatic rings. The number of hydrogen-bond donors (Lipinski definition) is 2. The summed E-state index contributed by atoms with van der Waals surface area (Å²) in [6, 6.07) is 7.45. The Morgan fingerprint density at radius 3 is 2.57 bits per heavy atom. The van der Waals surface area contributed by atoms with Gasteiger partial charge in [-0.2, -0.15) is 18.3 Å². The maximum Gasteiger partial charge on any atom is 0.416 e. The molecule has 2 rings (SSSR count). The number of alkyl halides is 3. The molecular weight excluding hydrogens is 333 g/mol. The molecule has 2 N–H and O–H groups in total. The summed E-state index contributed by atoms with van der Waals surface area (Å²) in [5, 5.41) is 13.5. The minimum atomic E-state index is -4.47. The summed E-state index contributed by atoms with van der Waals surface area (Å²) in [5.41, 5.74) is 2.17. The van der Waals surface area contributed by atoms with Gasteiger partial charge < -0.3 is 9.84 Å². The number of phenols is 1. The van der Waals surface area contributed by atoms with Crippen LogP contribution in [0.15, 0.2) is 41.5 Å². The molecular formula is C15H12ClF3N2O2. The molecule has 0 aliphatic heterocycles. The lowest BCUT2D eigenvalue weighted by Crippen LogP contribution is -2.05. The van der Waals surface area contributed by atoms with E-state index in [0.717, 1.165) is 18.2 Å². The number of rotatable bonds is 4. The molecule has 0 aromatic heterocycles. The quantitative estimate of drug-likeness (QED) is 0.633. The fourth-order valence-electron chi connectivity index (χ4n) is 1.75. The first-order chi connectivity index (χ1) is 10.8. The Balaban J connectivity index is 2.15. The van der Waals surface area contributed by atoms with Crippen LogP contribution in [0.3, 0.4) is 0 Å². The van der Waals surface area contributed by atoms with Gasteiger partial charge in [0, 0.05) is 0 Å². The molecule has 0 aliphatic rings. The molecule has 0 aliphatic carbocycles. The van der Waals surface area contributed by atoms with Crippen molar-refractivity contribution in [2.75, 3.05) is 12.5 Å². The van der Waals surface area contributed by atoms with E-state index in [1.807, 2.05) is 0 Å². The lowest BCUT2D eigenvalue weighted by Gasteiger charge is -2.09. The van der Waals surface area contributed by atoms with Crippen LogP contribution >= 0.6 is 11.6 Å². The van der Waals surface area contributed by atoms with Crippen LogP contribution < -0.4 is 10.2 Å². The highest BCUT2D eigenvalue weighted by Gasteiger charge is 2.30. The van der Waals surface area contributed by atoms with Crippen LogP contribution in [-0.2, 0) is 6.18 Å². The van der Waals surface area contributed by atoms with E-state index in [0.29, 0.717) is 11.3 Å². The molecule has 0 spiro atoms. The number of methoxy groups -OCH3 is 1. The Labute approximate surface area is 135 Å². The second-order valence-corrected chi connectivity index (χ2v) is 4.90. The number of benzene rings is 2. The summed E-state index contributed by atoms with van der Waals surface area (Å²) < 4.78 is 42.9. The lowest BCUT2D eigenvalue weighted by atomic mass is 10.2. The number of phenolic OH excluding ortho intramolecular Hbond substituents is 1. The van der Waals surface area contributed by atoms with Crippen molar-refractivity contribution in [1.29, 1.82) is 0 Å². The van der Waals surface area contributed by atoms with Crippen LogP contribution in [0.25, 0.3) is 0 Å². The maximum atomic E-state index is 12.7. The highest BCUT2D eigenvalue weighted by molar-refractivity contribution is 6.33. The zero-order chi connectivity index (χ0) is 17.0. The van der Waals surface area contributed by atoms with E-state index in [1.54, 1.807) is 6.07 Å². The highest BCUT2D eigenvalue weighted by atomic mass is 35.5. The van der Waals surface area contributed by atoms with Crippen LogP contribution in [0.5, 0.6) is 11.5 Å². The van der Waals surface area contributed by atoms with Gasteiger partial charge in [0.2, 0.25) is 0 Å². The average Bonchev–Trinajstić information content (AvgIpc) is 2.48. The zero-order valence-electron chi connectivity index (χ0n) is 11.9. The normalized spacial score (nSPS) is 11.7. The maximum absolute atomic E-state index is 12.7. The summed E-state index contributed by atoms with van der Waals surface area (Å²) in [4.78, 5) is 0. The molecule has 0 heterocycles. The summed E-state index contributed by atoms with van der Waals surface area (Å²) in [7, 11) is 1.42. The molecule has 0 unspecified atom stereocenters. The number of ether oxygens (including phenoxy) is 1. The molecule has 2 aromatic carbocycles. The van der Waals surface area contributed by atoms with E-state index in [1.165, 1.54) is 25.5 Å². The molecule has 23 heavy (non-hydrogen) atoms. The van der Waals surface area contributed by atoms with Gasteiger partial charge in [0.15, 0.2) is 11.5 Å². The summed E-state index contributed by atoms with van der Waals surface area (Å²) in [6.45, 7) is 0. The van der Waals surface area contributed by atoms with Crippen molar-refractivity contribution in [2.24, 2.45) is 5.10 Å². The zero-order valence-corrected chi connectivity index (χ0v) is 12.6. The second-order valence-electron chi connectivity index (χ2n) is 4.49. The summed E-state index contributed by atoms with van der Waals surface area (Å²) in [6.07, 6.45) is -3.14. The SMILES string of the molecule is COc1ccc(/C=N/Nc2cc(C(F)(F)F)ccc2Cl)cc1O. The summed E-state index contributed by atoms with van der Waals surface area (Å²) in [5.74, 6) is 0.226. The van der Waals surface area contributed by atoms with E-state index in [4.69, 9.17) is 16.3 Å². The van der Waals surface area contributed by atoms with Gasteiger partial charge in [-0.3, -0.25) is 5.43 Å². The number of halogens is 4. The van der Waals surface area contributed by atoms with Crippen molar-refractivity contribution < 1.29 is 23.0 Å². The highest BCUT2D eigenvalue weighted by Crippen LogP contribution is 2.33. The predicted molar refractivity (Wildman–Crippen MR) is 82.3 cm³/mol. The number of aromatic hydroxyl groups is 1. The van der Waals surface area contributed by atoms with Crippen molar-refractivity contribution in [3.05, 3.63) is 52.5 Å². The number of hydrazone groups is 1. The lowest BCUT2D eigenvalue weighted by molar-refractivity contribution is -0.137. The van der Waals surface area contributed by atoms with Crippen molar-refractivity contribution in [3.63, 3.8) is 0 Å². The molecule has 8 heteroatoms. The number of anilines is 1. The number of hydrogen-bond acceptors (Lipinski definition) is 4. The van der Waals surface area contributed by atoms with Gasteiger partial charge in [-0.25, -0.2) is 0 Å². The molecule has 0 saturated carbocycles. The van der Waals surface area contributed by atoms with Crippen molar-refractivity contribution in [3.8, 4) is 11.5 Å². The van der Waals surface area contributed by atoms with E-state index >= 15 is 0 Å². The van der Waals surface area contributed by atoms with Gasteiger partial charge in [0.1, 0.15) is 0 Å². The molecule has 0 fully saturated rings. The fraction of sp³-hybridized carbons (Fsp3) is 0.133. The third kappa shape index (κ3) is 4.29. The first-order valence-corrected chi connectivity index (χ1v) is 6.72. The largest absolute Gasteiger partial charge is 0.504 e. The standard InChI is InChI=1S/C15H12ClF3N2O2/c1-23-14-5-2-9(6-13(14)22)8-20-21-12-7-10(15(17,18)19)3-4-11(12)16/h2-8,21-22H,1H3/b20-8+. The Hall–Kier alpha value is -2.41. The Kier molecular flexibility index (Phi) is 5.00. The van der Waals surface area contributed by atoms with Crippen LogP contribution in [0, 0.1) is 0 Å². The van der Waals surface area contributed by atoms with Gasteiger partial charge in [0.25, 0.3) is 0 Å². The van der Waals surface area contributed by atoms with E-state index in [9.17, 15) is 18.3 Å². The Morgan fingerprint density at radius 1 is 1.22 bits per heavy atom. The first-order valence-electron chi connectivity index (χ1n) is 6.34. The van der Waals surface area contributed by atoms with Gasteiger partial charge in [-0.05, 0) is 42.0 Å². The Morgan fingerprint density at radius 2 is 1.96 bits per heavy atom. The van der Waals surface area contributed by atoms with E-state index in [-0.39, 0.29) is 16.5 Å². The smallest absolute Gasteiger partial charge is 0.416 e. The molecule has 0 atom stereocenters. The molecule has 122 valence electrons. The molecule has 4 nitrogen and oxygen atoms in total. The molecule has 0 amide bonds. The van der Waals surface area contributed by atoms with Crippen LogP contribution in [-0.4, -0.2) is 18.4 Å². The molecule has 0 saturated heterocycles. The van der Waals surface area contributed by atoms with Crippen LogP contribution in [0.2, 0.25) is 5.02 Å². The average molecular weight is 345 g/mol. The molecule has 0 bridgehead atoms. The third-order valence-electron chi connectivity index (χ3n) is 2.90. The van der Waals surface area contributed by atoms with E-state index < -0.39 is 11.7 Å². The number of nitrogens with one attached hydrogen (secondary N) is 1. The van der Waals surface area contributed by atoms with Crippen LogP contribution in [0.4, 0.5) is 18.9 Å². The van der Waals surface area contributed by atoms with Gasteiger partial charge in [0.05, 0.1) is 29.6 Å². The number of nitrogens with zero attached hydrogens (tertiary/aromatic N) is 1. The van der Waals surface area contributed by atoms with Crippen molar-refractivity contribution in [2.45, 2.75) is 6.18 Å². The monoisotopic (exact) mass is 344 g/mol. The third-order valence-corrected chi connectivity index (χ3v) is 3.22. The topological polar surface area (TPSA) is 53.8 Å². The molecule has 0 radical (unpaired) electrons. The minimum Gasteiger partial charge on any atom is -0.504 e. The minimum absolute atomic E-state index is 0.0236. The van der Waals surface area contributed by atoms with Gasteiger partial charge >= 0.3 is 6.18 Å². The summed E-state index contributed by atoms with van der Waals surface area (Å²) >= 11 is 5.83. The van der Waals surface area contributed by atoms with Crippen LogP contribution in [0.1, 0.15) is 11.1 Å². The van der Waals surface area contributed by atoms with Crippen molar-refractivity contribution in [1.82, 2.24) is 0 Å². The van der Waals surface area contributed by atoms with Gasteiger partial charge in [-0.15, -0.1) is 0 Å².